The number of benzene rings is 1. The van der Waals surface area contributed by atoms with Gasteiger partial charge in [0.15, 0.2) is 0 Å². The SMILES string of the molecule is CCC1CCCC(C(NC)c2cccc(Cl)c2C)C1. The second-order valence-electron chi connectivity index (χ2n) is 5.92. The van der Waals surface area contributed by atoms with Gasteiger partial charge >= 0.3 is 0 Å². The van der Waals surface area contributed by atoms with Gasteiger partial charge in [0.1, 0.15) is 0 Å². The summed E-state index contributed by atoms with van der Waals surface area (Å²) in [7, 11) is 2.08. The van der Waals surface area contributed by atoms with Crippen molar-refractivity contribution in [3.63, 3.8) is 0 Å². The Morgan fingerprint density at radius 1 is 1.37 bits per heavy atom. The number of hydrogen-bond acceptors (Lipinski definition) is 1. The summed E-state index contributed by atoms with van der Waals surface area (Å²) in [5.41, 5.74) is 2.62. The van der Waals surface area contributed by atoms with Crippen LogP contribution in [0.15, 0.2) is 18.2 Å². The van der Waals surface area contributed by atoms with Crippen LogP contribution >= 0.6 is 11.6 Å². The van der Waals surface area contributed by atoms with Gasteiger partial charge in [-0.1, -0.05) is 49.9 Å². The maximum Gasteiger partial charge on any atom is 0.0438 e. The molecule has 2 rings (SSSR count). The highest BCUT2D eigenvalue weighted by atomic mass is 35.5. The lowest BCUT2D eigenvalue weighted by Crippen LogP contribution is -2.30. The third-order valence-electron chi connectivity index (χ3n) is 4.83. The van der Waals surface area contributed by atoms with E-state index in [0.29, 0.717) is 6.04 Å². The predicted octanol–water partition coefficient (Wildman–Crippen LogP) is 5.13. The second-order valence-corrected chi connectivity index (χ2v) is 6.33. The van der Waals surface area contributed by atoms with Crippen LogP contribution in [0.4, 0.5) is 0 Å². The molecule has 0 spiro atoms. The molecular weight excluding hydrogens is 254 g/mol. The van der Waals surface area contributed by atoms with Crippen molar-refractivity contribution in [3.05, 3.63) is 34.3 Å². The summed E-state index contributed by atoms with van der Waals surface area (Å²) in [6, 6.07) is 6.75. The first kappa shape index (κ1) is 14.9. The first-order valence-corrected chi connectivity index (χ1v) is 7.97. The lowest BCUT2D eigenvalue weighted by Gasteiger charge is -2.35. The lowest BCUT2D eigenvalue weighted by atomic mass is 9.74. The maximum atomic E-state index is 6.28. The molecule has 1 aliphatic rings. The van der Waals surface area contributed by atoms with Gasteiger partial charge in [0, 0.05) is 11.1 Å². The minimum atomic E-state index is 0.452. The molecule has 1 fully saturated rings. The summed E-state index contributed by atoms with van der Waals surface area (Å²) in [4.78, 5) is 0. The minimum absolute atomic E-state index is 0.452. The molecule has 1 aromatic carbocycles. The number of rotatable bonds is 4. The van der Waals surface area contributed by atoms with E-state index in [0.717, 1.165) is 16.9 Å². The standard InChI is InChI=1S/C17H26ClN/c1-4-13-7-5-8-14(11-13)17(19-3)15-9-6-10-16(18)12(15)2/h6,9-10,13-14,17,19H,4-5,7-8,11H2,1-3H3. The highest BCUT2D eigenvalue weighted by Gasteiger charge is 2.28. The molecular formula is C17H26ClN. The van der Waals surface area contributed by atoms with Crippen LogP contribution in [-0.4, -0.2) is 7.05 Å². The summed E-state index contributed by atoms with van der Waals surface area (Å²) in [5.74, 6) is 1.66. The van der Waals surface area contributed by atoms with Gasteiger partial charge in [0.05, 0.1) is 0 Å². The molecule has 0 aliphatic heterocycles. The number of halogens is 1. The highest BCUT2D eigenvalue weighted by Crippen LogP contribution is 2.39. The van der Waals surface area contributed by atoms with Crippen molar-refractivity contribution in [2.75, 3.05) is 7.05 Å². The molecule has 3 atom stereocenters. The maximum absolute atomic E-state index is 6.28. The van der Waals surface area contributed by atoms with E-state index in [1.807, 2.05) is 6.07 Å². The Morgan fingerprint density at radius 2 is 2.16 bits per heavy atom. The van der Waals surface area contributed by atoms with Gasteiger partial charge in [-0.25, -0.2) is 0 Å². The average molecular weight is 280 g/mol. The molecule has 1 nitrogen and oxygen atoms in total. The third-order valence-corrected chi connectivity index (χ3v) is 5.24. The van der Waals surface area contributed by atoms with Crippen LogP contribution in [0, 0.1) is 18.8 Å². The van der Waals surface area contributed by atoms with Crippen LogP contribution in [0.25, 0.3) is 0 Å². The molecule has 106 valence electrons. The van der Waals surface area contributed by atoms with Gasteiger partial charge < -0.3 is 5.32 Å². The Morgan fingerprint density at radius 3 is 2.84 bits per heavy atom. The smallest absolute Gasteiger partial charge is 0.0438 e. The Hall–Kier alpha value is -0.530. The summed E-state index contributed by atoms with van der Waals surface area (Å²) >= 11 is 6.28. The molecule has 0 radical (unpaired) electrons. The predicted molar refractivity (Wildman–Crippen MR) is 83.7 cm³/mol. The van der Waals surface area contributed by atoms with Crippen molar-refractivity contribution in [1.82, 2.24) is 5.32 Å². The molecule has 0 aromatic heterocycles. The Labute approximate surface area is 122 Å². The molecule has 2 heteroatoms. The fourth-order valence-corrected chi connectivity index (χ4v) is 3.79. The van der Waals surface area contributed by atoms with Crippen molar-refractivity contribution in [3.8, 4) is 0 Å². The third kappa shape index (κ3) is 3.32. The van der Waals surface area contributed by atoms with Crippen molar-refractivity contribution >= 4 is 11.6 Å². The van der Waals surface area contributed by atoms with E-state index in [1.165, 1.54) is 43.2 Å². The number of hydrogen-bond donors (Lipinski definition) is 1. The Kier molecular flexibility index (Phi) is 5.29. The Balaban J connectivity index is 2.21. The normalized spacial score (nSPS) is 25.3. The van der Waals surface area contributed by atoms with Crippen molar-refractivity contribution in [1.29, 1.82) is 0 Å². The van der Waals surface area contributed by atoms with E-state index in [-0.39, 0.29) is 0 Å². The van der Waals surface area contributed by atoms with Crippen molar-refractivity contribution in [2.45, 2.75) is 52.0 Å². The Bertz CT molecular complexity index is 416. The van der Waals surface area contributed by atoms with E-state index in [2.05, 4.69) is 38.3 Å². The molecule has 3 unspecified atom stereocenters. The van der Waals surface area contributed by atoms with Gasteiger partial charge in [0.2, 0.25) is 0 Å². The molecule has 1 aromatic rings. The van der Waals surface area contributed by atoms with Crippen LogP contribution in [0.1, 0.15) is 56.2 Å². The van der Waals surface area contributed by atoms with Crippen molar-refractivity contribution in [2.24, 2.45) is 11.8 Å². The van der Waals surface area contributed by atoms with Crippen LogP contribution in [-0.2, 0) is 0 Å². The van der Waals surface area contributed by atoms with Crippen LogP contribution in [0.3, 0.4) is 0 Å². The zero-order valence-electron chi connectivity index (χ0n) is 12.4. The van der Waals surface area contributed by atoms with E-state index in [1.54, 1.807) is 0 Å². The summed E-state index contributed by atoms with van der Waals surface area (Å²) in [5, 5.41) is 4.43. The lowest BCUT2D eigenvalue weighted by molar-refractivity contribution is 0.214. The van der Waals surface area contributed by atoms with Gasteiger partial charge in [-0.15, -0.1) is 0 Å². The van der Waals surface area contributed by atoms with Gasteiger partial charge in [0.25, 0.3) is 0 Å². The molecule has 1 saturated carbocycles. The molecule has 1 aliphatic carbocycles. The fourth-order valence-electron chi connectivity index (χ4n) is 3.61. The molecule has 0 bridgehead atoms. The second kappa shape index (κ2) is 6.76. The first-order valence-electron chi connectivity index (χ1n) is 7.59. The largest absolute Gasteiger partial charge is 0.313 e. The zero-order valence-corrected chi connectivity index (χ0v) is 13.1. The quantitative estimate of drug-likeness (QED) is 0.806. The fraction of sp³-hybridized carbons (Fsp3) is 0.647. The molecule has 19 heavy (non-hydrogen) atoms. The average Bonchev–Trinajstić information content (AvgIpc) is 2.44. The van der Waals surface area contributed by atoms with Gasteiger partial charge in [-0.05, 0) is 55.8 Å². The minimum Gasteiger partial charge on any atom is -0.313 e. The topological polar surface area (TPSA) is 12.0 Å². The zero-order chi connectivity index (χ0) is 13.8. The summed E-state index contributed by atoms with van der Waals surface area (Å²) in [6.07, 6.45) is 6.81. The highest BCUT2D eigenvalue weighted by molar-refractivity contribution is 6.31. The molecule has 0 amide bonds. The van der Waals surface area contributed by atoms with Gasteiger partial charge in [-0.3, -0.25) is 0 Å². The van der Waals surface area contributed by atoms with Crippen LogP contribution < -0.4 is 5.32 Å². The monoisotopic (exact) mass is 279 g/mol. The first-order chi connectivity index (χ1) is 9.17. The van der Waals surface area contributed by atoms with E-state index in [4.69, 9.17) is 11.6 Å². The molecule has 0 heterocycles. The van der Waals surface area contributed by atoms with Crippen LogP contribution in [0.2, 0.25) is 5.02 Å². The summed E-state index contributed by atoms with van der Waals surface area (Å²) < 4.78 is 0. The molecule has 1 N–H and O–H groups in total. The number of nitrogens with one attached hydrogen (secondary N) is 1. The van der Waals surface area contributed by atoms with Crippen molar-refractivity contribution < 1.29 is 0 Å². The van der Waals surface area contributed by atoms with E-state index >= 15 is 0 Å². The summed E-state index contributed by atoms with van der Waals surface area (Å²) in [6.45, 7) is 4.47. The van der Waals surface area contributed by atoms with E-state index in [9.17, 15) is 0 Å². The van der Waals surface area contributed by atoms with Crippen LogP contribution in [0.5, 0.6) is 0 Å². The van der Waals surface area contributed by atoms with E-state index < -0.39 is 0 Å². The molecule has 0 saturated heterocycles. The van der Waals surface area contributed by atoms with Gasteiger partial charge in [-0.2, -0.15) is 0 Å².